The number of benzene rings is 1. The number of nitrogens with two attached hydrogens (primary N) is 1. The van der Waals surface area contributed by atoms with Crippen LogP contribution in [0.5, 0.6) is 0 Å². The van der Waals surface area contributed by atoms with E-state index in [1.807, 2.05) is 18.0 Å². The van der Waals surface area contributed by atoms with Crippen LogP contribution in [0.2, 0.25) is 5.02 Å². The molecule has 2 fully saturated rings. The van der Waals surface area contributed by atoms with Gasteiger partial charge in [0.2, 0.25) is 5.91 Å². The maximum atomic E-state index is 13.4. The number of alkyl halides is 3. The molecular weight excluding hydrogens is 745 g/mol. The number of carboxylic acid groups (broad SMARTS) is 1. The van der Waals surface area contributed by atoms with Gasteiger partial charge in [-0.05, 0) is 36.8 Å². The lowest BCUT2D eigenvalue weighted by Gasteiger charge is -2.40. The average Bonchev–Trinajstić information content (AvgIpc) is 3.74. The number of nitrogen functional groups attached to an aromatic ring is 1. The first kappa shape index (κ1) is 40.7. The number of piperidine rings is 1. The van der Waals surface area contributed by atoms with E-state index in [4.69, 9.17) is 27.2 Å². The highest BCUT2D eigenvalue weighted by atomic mass is 35.5. The van der Waals surface area contributed by atoms with Crippen molar-refractivity contribution in [3.8, 4) is 17.1 Å². The van der Waals surface area contributed by atoms with Crippen LogP contribution in [0.1, 0.15) is 46.4 Å². The quantitative estimate of drug-likeness (QED) is 0.266. The number of aliphatic carboxylic acids is 1. The Morgan fingerprint density at radius 2 is 1.64 bits per heavy atom. The number of imidazole rings is 1. The number of pyridine rings is 1. The van der Waals surface area contributed by atoms with Gasteiger partial charge in [0.1, 0.15) is 5.97 Å². The van der Waals surface area contributed by atoms with Crippen LogP contribution in [0.3, 0.4) is 0 Å². The second kappa shape index (κ2) is 16.5. The van der Waals surface area contributed by atoms with E-state index in [-0.39, 0.29) is 28.6 Å². The van der Waals surface area contributed by atoms with Crippen LogP contribution < -0.4 is 16.2 Å². The summed E-state index contributed by atoms with van der Waals surface area (Å²) in [6.45, 7) is 5.93. The number of halogens is 4. The number of aryl methyl sites for hydroxylation is 1. The molecule has 1 aromatic carbocycles. The van der Waals surface area contributed by atoms with Gasteiger partial charge in [0.05, 0.1) is 67.2 Å². The molecule has 2 saturated heterocycles. The third-order valence-electron chi connectivity index (χ3n) is 9.68. The average molecular weight is 787 g/mol. The third kappa shape index (κ3) is 9.61. The molecule has 3 aromatic heterocycles. The summed E-state index contributed by atoms with van der Waals surface area (Å²) in [7, 11) is 6.18. The SMILES string of the molecule is CCc1nn(-c2ccc(N)cn2)cc1-c1cnc(C(=O)Nc2ccc(C(=O)N3CCN(C(=O)C4CC[N+](C)(C)CC4)CC3)c(Cl)c2)n1C.O=C([O-])C(F)(F)F. The minimum atomic E-state index is -5.19. The number of piperazine rings is 1. The van der Waals surface area contributed by atoms with Gasteiger partial charge in [-0.2, -0.15) is 18.3 Å². The van der Waals surface area contributed by atoms with Gasteiger partial charge in [-0.25, -0.2) is 14.6 Å². The molecule has 3 N–H and O–H groups in total. The number of rotatable bonds is 7. The van der Waals surface area contributed by atoms with Crippen LogP contribution >= 0.6 is 11.6 Å². The molecule has 294 valence electrons. The molecular formula is C36H42ClF3N10O5. The van der Waals surface area contributed by atoms with Crippen LogP contribution in [-0.4, -0.2) is 122 Å². The summed E-state index contributed by atoms with van der Waals surface area (Å²) in [5.41, 5.74) is 9.52. The van der Waals surface area contributed by atoms with Crippen molar-refractivity contribution in [3.05, 3.63) is 71.0 Å². The van der Waals surface area contributed by atoms with E-state index in [0.717, 1.165) is 47.4 Å². The van der Waals surface area contributed by atoms with Gasteiger partial charge in [-0.3, -0.25) is 14.4 Å². The molecule has 0 aliphatic carbocycles. The topological polar surface area (TPSA) is 184 Å². The number of carboxylic acids is 1. The van der Waals surface area contributed by atoms with Crippen molar-refractivity contribution in [1.29, 1.82) is 0 Å². The van der Waals surface area contributed by atoms with Crippen molar-refractivity contribution in [3.63, 3.8) is 0 Å². The molecule has 4 aromatic rings. The van der Waals surface area contributed by atoms with E-state index in [1.54, 1.807) is 63.9 Å². The van der Waals surface area contributed by atoms with E-state index in [0.29, 0.717) is 55.4 Å². The Hall–Kier alpha value is -5.49. The largest absolute Gasteiger partial charge is 0.542 e. The number of hydrogen-bond donors (Lipinski definition) is 2. The summed E-state index contributed by atoms with van der Waals surface area (Å²) < 4.78 is 35.9. The minimum Gasteiger partial charge on any atom is -0.542 e. The Morgan fingerprint density at radius 3 is 2.20 bits per heavy atom. The van der Waals surface area contributed by atoms with Gasteiger partial charge in [0.25, 0.3) is 11.8 Å². The van der Waals surface area contributed by atoms with Crippen LogP contribution in [0.4, 0.5) is 24.5 Å². The van der Waals surface area contributed by atoms with Crippen molar-refractivity contribution < 1.29 is 41.9 Å². The van der Waals surface area contributed by atoms with Gasteiger partial charge in [0, 0.05) is 69.4 Å². The number of amides is 3. The smallest absolute Gasteiger partial charge is 0.430 e. The van der Waals surface area contributed by atoms with E-state index >= 15 is 0 Å². The maximum Gasteiger partial charge on any atom is 0.430 e. The van der Waals surface area contributed by atoms with E-state index < -0.39 is 18.1 Å². The summed E-state index contributed by atoms with van der Waals surface area (Å²) in [4.78, 5) is 61.0. The number of likely N-dealkylation sites (tertiary alicyclic amines) is 1. The van der Waals surface area contributed by atoms with Gasteiger partial charge >= 0.3 is 6.18 Å². The van der Waals surface area contributed by atoms with Crippen molar-refractivity contribution in [1.82, 2.24) is 34.1 Å². The Labute approximate surface area is 320 Å². The standard InChI is InChI=1S/C34H41ClN10O3.C2HF3O2/c1-5-28-26(21-44(40-28)30-9-6-23(36)19-37-30)29-20-38-31(41(29)2)32(46)39-24-7-8-25(27(35)18-24)34(48)43-14-12-42(13-15-43)33(47)22-10-16-45(3,4)17-11-22;3-2(4,5)1(6)7/h6-9,18-22H,5,10-17,36H2,1-4H3;(H,6,7). The monoisotopic (exact) mass is 786 g/mol. The number of nitrogens with zero attached hydrogens (tertiary/aromatic N) is 8. The number of aromatic nitrogens is 5. The van der Waals surface area contributed by atoms with Gasteiger partial charge in [-0.15, -0.1) is 0 Å². The lowest BCUT2D eigenvalue weighted by Crippen LogP contribution is -2.54. The van der Waals surface area contributed by atoms with E-state index in [1.165, 1.54) is 0 Å². The first-order chi connectivity index (χ1) is 25.9. The Morgan fingerprint density at radius 1 is 1.00 bits per heavy atom. The van der Waals surface area contributed by atoms with Crippen molar-refractivity contribution in [2.24, 2.45) is 13.0 Å². The molecule has 0 saturated carbocycles. The molecule has 3 amide bonds. The summed E-state index contributed by atoms with van der Waals surface area (Å²) in [5, 5.41) is 16.5. The summed E-state index contributed by atoms with van der Waals surface area (Å²) in [6, 6.07) is 8.40. The van der Waals surface area contributed by atoms with Crippen LogP contribution in [0, 0.1) is 5.92 Å². The molecule has 5 heterocycles. The van der Waals surface area contributed by atoms with Gasteiger partial charge in [-0.1, -0.05) is 18.5 Å². The molecule has 0 radical (unpaired) electrons. The Balaban J connectivity index is 0.000000757. The zero-order chi connectivity index (χ0) is 40.2. The zero-order valence-corrected chi connectivity index (χ0v) is 31.5. The van der Waals surface area contributed by atoms with E-state index in [2.05, 4.69) is 34.5 Å². The predicted octanol–water partition coefficient (Wildman–Crippen LogP) is 2.79. The molecule has 0 bridgehead atoms. The highest BCUT2D eigenvalue weighted by molar-refractivity contribution is 6.34. The number of carbonyl (C=O) groups is 4. The number of hydrogen-bond acceptors (Lipinski definition) is 9. The zero-order valence-electron chi connectivity index (χ0n) is 30.8. The van der Waals surface area contributed by atoms with Crippen molar-refractivity contribution >= 4 is 46.7 Å². The second-order valence-corrected chi connectivity index (χ2v) is 14.4. The van der Waals surface area contributed by atoms with Crippen molar-refractivity contribution in [2.45, 2.75) is 32.4 Å². The summed E-state index contributed by atoms with van der Waals surface area (Å²) in [5.74, 6) is -2.53. The Bertz CT molecular complexity index is 2050. The molecule has 19 heteroatoms. The number of carbonyl (C=O) groups excluding carboxylic acids is 4. The normalized spacial score (nSPS) is 15.9. The first-order valence-corrected chi connectivity index (χ1v) is 17.9. The molecule has 0 unspecified atom stereocenters. The van der Waals surface area contributed by atoms with Crippen molar-refractivity contribution in [2.75, 3.05) is 64.4 Å². The molecule has 55 heavy (non-hydrogen) atoms. The predicted molar refractivity (Wildman–Crippen MR) is 195 cm³/mol. The maximum absolute atomic E-state index is 13.4. The Kier molecular flexibility index (Phi) is 12.2. The molecule has 0 atom stereocenters. The first-order valence-electron chi connectivity index (χ1n) is 17.5. The summed E-state index contributed by atoms with van der Waals surface area (Å²) >= 11 is 6.58. The molecule has 6 rings (SSSR count). The van der Waals surface area contributed by atoms with Crippen LogP contribution in [0.25, 0.3) is 17.1 Å². The number of anilines is 2. The fourth-order valence-corrected chi connectivity index (χ4v) is 6.69. The van der Waals surface area contributed by atoms with Gasteiger partial charge in [0.15, 0.2) is 11.6 Å². The van der Waals surface area contributed by atoms with Crippen LogP contribution in [0.15, 0.2) is 48.9 Å². The third-order valence-corrected chi connectivity index (χ3v) is 9.99. The fourth-order valence-electron chi connectivity index (χ4n) is 6.43. The van der Waals surface area contributed by atoms with Crippen LogP contribution in [-0.2, 0) is 23.1 Å². The molecule has 15 nitrogen and oxygen atoms in total. The fraction of sp³-hybridized carbons (Fsp3) is 0.417. The number of quaternary nitrogens is 1. The highest BCUT2D eigenvalue weighted by Gasteiger charge is 2.35. The van der Waals surface area contributed by atoms with Gasteiger partial charge < -0.3 is 39.8 Å². The highest BCUT2D eigenvalue weighted by Crippen LogP contribution is 2.28. The van der Waals surface area contributed by atoms with E-state index in [9.17, 15) is 27.6 Å². The lowest BCUT2D eigenvalue weighted by molar-refractivity contribution is -0.895. The molecule has 2 aliphatic rings. The summed E-state index contributed by atoms with van der Waals surface area (Å²) in [6.07, 6.45) is 2.36. The second-order valence-electron chi connectivity index (χ2n) is 14.0. The number of nitrogens with one attached hydrogen (secondary N) is 1. The molecule has 0 spiro atoms. The lowest BCUT2D eigenvalue weighted by atomic mass is 9.94. The molecule has 2 aliphatic heterocycles. The minimum absolute atomic E-state index is 0.0682.